The number of aromatic amines is 2. The Morgan fingerprint density at radius 1 is 0.735 bits per heavy atom. The molecule has 1 aliphatic carbocycles. The molecule has 3 aromatic heterocycles. The Kier molecular flexibility index (Phi) is 6.91. The van der Waals surface area contributed by atoms with Crippen LogP contribution in [0.4, 0.5) is 0 Å². The van der Waals surface area contributed by atoms with E-state index in [1.165, 1.54) is 46.6 Å². The molecule has 0 amide bonds. The first kappa shape index (κ1) is 28.8. The van der Waals surface area contributed by atoms with Crippen molar-refractivity contribution in [2.45, 2.75) is 56.3 Å². The van der Waals surface area contributed by atoms with E-state index < -0.39 is 0 Å². The van der Waals surface area contributed by atoms with E-state index in [9.17, 15) is 0 Å². The topological polar surface area (TPSA) is 95.6 Å². The molecule has 6 aromatic rings. The van der Waals surface area contributed by atoms with Gasteiger partial charge in [-0.05, 0) is 92.2 Å². The zero-order chi connectivity index (χ0) is 32.3. The summed E-state index contributed by atoms with van der Waals surface area (Å²) in [6.45, 7) is 2.10. The van der Waals surface area contributed by atoms with E-state index in [1.54, 1.807) is 0 Å². The Hall–Kier alpha value is -5.18. The molecule has 244 valence electrons. The van der Waals surface area contributed by atoms with Gasteiger partial charge in [0.05, 0.1) is 29.7 Å². The van der Waals surface area contributed by atoms with Crippen LogP contribution in [-0.4, -0.2) is 37.6 Å². The van der Waals surface area contributed by atoms with Crippen molar-refractivity contribution in [3.8, 4) is 39.4 Å². The van der Waals surface area contributed by atoms with Crippen LogP contribution in [-0.2, 0) is 6.42 Å². The molecule has 4 atom stereocenters. The summed E-state index contributed by atoms with van der Waals surface area (Å²) < 4.78 is 9.46. The normalized spacial score (nSPS) is 22.4. The Labute approximate surface area is 285 Å². The summed E-state index contributed by atoms with van der Waals surface area (Å²) >= 11 is 0. The highest BCUT2D eigenvalue weighted by atomic mass is 16.5. The Bertz CT molecular complexity index is 2180. The summed E-state index contributed by atoms with van der Waals surface area (Å²) in [4.78, 5) is 16.8. The summed E-state index contributed by atoms with van der Waals surface area (Å²) in [5.41, 5.74) is 11.6. The third kappa shape index (κ3) is 5.05. The summed E-state index contributed by atoms with van der Waals surface area (Å²) in [5.74, 6) is 3.19. The monoisotopic (exact) mass is 645 g/mol. The first-order chi connectivity index (χ1) is 24.2. The molecule has 8 heteroatoms. The van der Waals surface area contributed by atoms with E-state index in [-0.39, 0.29) is 12.1 Å². The molecule has 4 N–H and O–H groups in total. The molecule has 4 unspecified atom stereocenters. The smallest absolute Gasteiger partial charge is 0.203 e. The van der Waals surface area contributed by atoms with Gasteiger partial charge in [-0.15, -0.1) is 0 Å². The fraction of sp³-hybridized carbons (Fsp3) is 0.268. The zero-order valence-electron chi connectivity index (χ0n) is 27.3. The number of imidazole rings is 2. The molecule has 0 spiro atoms. The highest BCUT2D eigenvalue weighted by Gasteiger charge is 2.33. The molecule has 4 aliphatic rings. The van der Waals surface area contributed by atoms with Crippen molar-refractivity contribution in [1.29, 1.82) is 0 Å². The third-order valence-corrected chi connectivity index (χ3v) is 10.8. The summed E-state index contributed by atoms with van der Waals surface area (Å²) in [5, 5.41) is 7.13. The molecule has 49 heavy (non-hydrogen) atoms. The maximum absolute atomic E-state index is 7.06. The maximum Gasteiger partial charge on any atom is 0.203 e. The fourth-order valence-electron chi connectivity index (χ4n) is 8.23. The van der Waals surface area contributed by atoms with Gasteiger partial charge in [0.15, 0.2) is 0 Å². The van der Waals surface area contributed by atoms with E-state index >= 15 is 0 Å². The molecule has 0 radical (unpaired) electrons. The largest absolute Gasteiger partial charge is 0.465 e. The minimum atomic E-state index is -0.321. The lowest BCUT2D eigenvalue weighted by molar-refractivity contribution is 0.168. The number of allylic oxidation sites excluding steroid dienone is 1. The van der Waals surface area contributed by atoms with Gasteiger partial charge in [0.2, 0.25) is 6.23 Å². The average Bonchev–Trinajstić information content (AvgIpc) is 4.00. The lowest BCUT2D eigenvalue weighted by Crippen LogP contribution is -2.24. The van der Waals surface area contributed by atoms with Gasteiger partial charge in [-0.25, -0.2) is 9.97 Å². The van der Waals surface area contributed by atoms with E-state index in [2.05, 4.69) is 116 Å². The van der Waals surface area contributed by atoms with E-state index in [0.717, 1.165) is 72.1 Å². The molecule has 6 heterocycles. The third-order valence-electron chi connectivity index (χ3n) is 10.8. The predicted molar refractivity (Wildman–Crippen MR) is 192 cm³/mol. The van der Waals surface area contributed by atoms with Gasteiger partial charge >= 0.3 is 0 Å². The fourth-order valence-corrected chi connectivity index (χ4v) is 8.23. The van der Waals surface area contributed by atoms with Crippen LogP contribution >= 0.6 is 0 Å². The first-order valence-corrected chi connectivity index (χ1v) is 17.7. The number of aromatic nitrogens is 5. The Morgan fingerprint density at radius 3 is 2.35 bits per heavy atom. The van der Waals surface area contributed by atoms with Gasteiger partial charge in [0.25, 0.3) is 0 Å². The average molecular weight is 646 g/mol. The van der Waals surface area contributed by atoms with Crippen molar-refractivity contribution in [2.75, 3.05) is 13.1 Å². The maximum atomic E-state index is 7.06. The number of nitrogens with one attached hydrogen (secondary N) is 4. The van der Waals surface area contributed by atoms with Crippen LogP contribution in [0.5, 0.6) is 5.75 Å². The molecule has 10 rings (SSSR count). The number of rotatable bonds is 6. The molecule has 2 saturated heterocycles. The van der Waals surface area contributed by atoms with Crippen LogP contribution in [0.25, 0.3) is 39.7 Å². The Balaban J connectivity index is 1.04. The molecular formula is C41H39N7O. The van der Waals surface area contributed by atoms with E-state index in [1.807, 2.05) is 12.4 Å². The second-order valence-corrected chi connectivity index (χ2v) is 13.9. The van der Waals surface area contributed by atoms with Crippen LogP contribution in [0.1, 0.15) is 84.1 Å². The summed E-state index contributed by atoms with van der Waals surface area (Å²) in [6.07, 6.45) is 13.8. The number of hydrogen-bond acceptors (Lipinski definition) is 5. The molecule has 0 bridgehead atoms. The SMILES string of the molecule is C1=CC(c2cnc(C3CCCN3)[nH]2)Cc2cc3n(c21)C(c1cccc(-c2ccccc2)c1)Oc1cc(-c2cnc(C4CCCN4)[nH]2)ccc1-3. The van der Waals surface area contributed by atoms with Crippen molar-refractivity contribution < 1.29 is 4.74 Å². The lowest BCUT2D eigenvalue weighted by Gasteiger charge is -2.32. The van der Waals surface area contributed by atoms with E-state index in [0.29, 0.717) is 12.1 Å². The predicted octanol–water partition coefficient (Wildman–Crippen LogP) is 8.08. The second-order valence-electron chi connectivity index (χ2n) is 13.9. The minimum absolute atomic E-state index is 0.242. The molecule has 0 saturated carbocycles. The highest BCUT2D eigenvalue weighted by Crippen LogP contribution is 2.47. The number of H-pyrrole nitrogens is 2. The van der Waals surface area contributed by atoms with Crippen molar-refractivity contribution in [3.63, 3.8) is 0 Å². The summed E-state index contributed by atoms with van der Waals surface area (Å²) in [6, 6.07) is 29.0. The second kappa shape index (κ2) is 11.8. The van der Waals surface area contributed by atoms with Gasteiger partial charge < -0.3 is 29.9 Å². The van der Waals surface area contributed by atoms with Crippen molar-refractivity contribution in [2.24, 2.45) is 0 Å². The molecule has 3 aliphatic heterocycles. The minimum Gasteiger partial charge on any atom is -0.465 e. The van der Waals surface area contributed by atoms with Crippen LogP contribution < -0.4 is 15.4 Å². The lowest BCUT2D eigenvalue weighted by atomic mass is 9.91. The van der Waals surface area contributed by atoms with Gasteiger partial charge in [-0.1, -0.05) is 60.7 Å². The molecular weight excluding hydrogens is 606 g/mol. The summed E-state index contributed by atoms with van der Waals surface area (Å²) in [7, 11) is 0. The van der Waals surface area contributed by atoms with Crippen molar-refractivity contribution in [3.05, 3.63) is 131 Å². The van der Waals surface area contributed by atoms with Crippen LogP contribution in [0.15, 0.2) is 97.3 Å². The standard InChI is InChI=1S/C41H39N7O/c1-2-7-25(8-3-1)26-9-4-10-29(19-26)41-48-36-16-14-27(34-23-44-39(46-34)32-11-5-17-42-32)20-30(36)21-37(48)31-15-13-28(22-38(31)49-41)35-24-45-40(47-35)33-12-6-18-43-33/h1-4,7-10,13-16,19,21-24,27,32-33,41-43H,5-6,11-12,17-18,20H2,(H,44,46)(H,45,47). The Morgan fingerprint density at radius 2 is 1.53 bits per heavy atom. The molecule has 3 aromatic carbocycles. The number of benzene rings is 3. The zero-order valence-corrected chi connectivity index (χ0v) is 27.3. The quantitative estimate of drug-likeness (QED) is 0.147. The number of ether oxygens (including phenoxy) is 1. The highest BCUT2D eigenvalue weighted by molar-refractivity contribution is 5.78. The molecule has 8 nitrogen and oxygen atoms in total. The number of fused-ring (bicyclic) bond motifs is 5. The van der Waals surface area contributed by atoms with Crippen LogP contribution in [0.2, 0.25) is 0 Å². The van der Waals surface area contributed by atoms with Gasteiger partial charge in [-0.3, -0.25) is 0 Å². The van der Waals surface area contributed by atoms with Crippen LogP contribution in [0.3, 0.4) is 0 Å². The van der Waals surface area contributed by atoms with Gasteiger partial charge in [-0.2, -0.15) is 0 Å². The number of nitrogens with zero attached hydrogens (tertiary/aromatic N) is 3. The van der Waals surface area contributed by atoms with Crippen LogP contribution in [0, 0.1) is 0 Å². The van der Waals surface area contributed by atoms with Crippen molar-refractivity contribution >= 4 is 6.08 Å². The van der Waals surface area contributed by atoms with Gasteiger partial charge in [0.1, 0.15) is 17.4 Å². The van der Waals surface area contributed by atoms with E-state index in [4.69, 9.17) is 14.7 Å². The first-order valence-electron chi connectivity index (χ1n) is 17.7. The number of hydrogen-bond donors (Lipinski definition) is 4. The van der Waals surface area contributed by atoms with Gasteiger partial charge in [0, 0.05) is 40.2 Å². The van der Waals surface area contributed by atoms with Crippen molar-refractivity contribution in [1.82, 2.24) is 35.1 Å². The molecule has 2 fully saturated rings.